The molecule has 0 radical (unpaired) electrons. The van der Waals surface area contributed by atoms with Gasteiger partial charge in [0, 0.05) is 35.8 Å². The number of amides is 1. The third kappa shape index (κ3) is 3.61. The summed E-state index contributed by atoms with van der Waals surface area (Å²) in [6.07, 6.45) is 1.88. The van der Waals surface area contributed by atoms with E-state index in [1.165, 1.54) is 0 Å². The smallest absolute Gasteiger partial charge is 0.276 e. The predicted octanol–water partition coefficient (Wildman–Crippen LogP) is 2.98. The minimum Gasteiger partial charge on any atom is -0.355 e. The molecule has 3 rings (SSSR count). The van der Waals surface area contributed by atoms with E-state index >= 15 is 0 Å². The van der Waals surface area contributed by atoms with Crippen LogP contribution in [0.5, 0.6) is 0 Å². The molecule has 7 heteroatoms. The van der Waals surface area contributed by atoms with E-state index in [0.29, 0.717) is 23.0 Å². The van der Waals surface area contributed by atoms with Crippen molar-refractivity contribution in [2.75, 3.05) is 13.1 Å². The maximum atomic E-state index is 12.4. The third-order valence-corrected chi connectivity index (χ3v) is 3.86. The molecule has 0 spiro atoms. The number of likely N-dealkylation sites (tertiary alicyclic amines) is 1. The summed E-state index contributed by atoms with van der Waals surface area (Å²) in [4.78, 5) is 14.1. The first-order valence-corrected chi connectivity index (χ1v) is 7.29. The van der Waals surface area contributed by atoms with Crippen molar-refractivity contribution >= 4 is 29.9 Å². The number of halogens is 2. The number of piperidine rings is 1. The Bertz CT molecular complexity index is 642. The summed E-state index contributed by atoms with van der Waals surface area (Å²) in [6, 6.07) is 8.90. The zero-order valence-electron chi connectivity index (χ0n) is 11.9. The van der Waals surface area contributed by atoms with Gasteiger partial charge in [0.15, 0.2) is 11.5 Å². The highest BCUT2D eigenvalue weighted by Gasteiger charge is 2.24. The van der Waals surface area contributed by atoms with Crippen molar-refractivity contribution in [2.24, 2.45) is 5.73 Å². The average molecular weight is 342 g/mol. The minimum absolute atomic E-state index is 0. The summed E-state index contributed by atoms with van der Waals surface area (Å²) in [6.45, 7) is 1.29. The van der Waals surface area contributed by atoms with Crippen molar-refractivity contribution < 1.29 is 9.32 Å². The Morgan fingerprint density at radius 3 is 2.77 bits per heavy atom. The van der Waals surface area contributed by atoms with E-state index < -0.39 is 0 Å². The Hall–Kier alpha value is -1.56. The van der Waals surface area contributed by atoms with Crippen LogP contribution in [0.25, 0.3) is 11.3 Å². The molecule has 0 bridgehead atoms. The number of benzene rings is 1. The van der Waals surface area contributed by atoms with Crippen molar-refractivity contribution in [3.63, 3.8) is 0 Å². The molecule has 1 saturated heterocycles. The fourth-order valence-electron chi connectivity index (χ4n) is 2.48. The SMILES string of the molecule is Cl.NC1CCCN(C(=O)c2cc(-c3ccc(Cl)cc3)on2)C1. The highest BCUT2D eigenvalue weighted by Crippen LogP contribution is 2.23. The van der Waals surface area contributed by atoms with Crippen LogP contribution in [0.4, 0.5) is 0 Å². The molecular weight excluding hydrogens is 325 g/mol. The molecule has 1 aliphatic rings. The minimum atomic E-state index is -0.130. The Kier molecular flexibility index (Phi) is 5.45. The van der Waals surface area contributed by atoms with Crippen LogP contribution >= 0.6 is 24.0 Å². The molecule has 22 heavy (non-hydrogen) atoms. The van der Waals surface area contributed by atoms with Gasteiger partial charge in [-0.3, -0.25) is 4.79 Å². The lowest BCUT2D eigenvalue weighted by Crippen LogP contribution is -2.45. The summed E-state index contributed by atoms with van der Waals surface area (Å²) in [5.41, 5.74) is 7.05. The lowest BCUT2D eigenvalue weighted by Gasteiger charge is -2.29. The number of nitrogens with zero attached hydrogens (tertiary/aromatic N) is 2. The topological polar surface area (TPSA) is 72.4 Å². The third-order valence-electron chi connectivity index (χ3n) is 3.60. The van der Waals surface area contributed by atoms with E-state index in [1.54, 1.807) is 23.1 Å². The van der Waals surface area contributed by atoms with Crippen LogP contribution in [0.15, 0.2) is 34.9 Å². The zero-order chi connectivity index (χ0) is 14.8. The van der Waals surface area contributed by atoms with Crippen molar-refractivity contribution in [1.82, 2.24) is 10.1 Å². The van der Waals surface area contributed by atoms with Gasteiger partial charge < -0.3 is 15.2 Å². The highest BCUT2D eigenvalue weighted by atomic mass is 35.5. The van der Waals surface area contributed by atoms with Gasteiger partial charge in [0.2, 0.25) is 0 Å². The van der Waals surface area contributed by atoms with Gasteiger partial charge in [0.25, 0.3) is 5.91 Å². The van der Waals surface area contributed by atoms with Crippen molar-refractivity contribution in [3.05, 3.63) is 41.0 Å². The fourth-order valence-corrected chi connectivity index (χ4v) is 2.61. The molecule has 1 atom stereocenters. The van der Waals surface area contributed by atoms with Gasteiger partial charge in [-0.15, -0.1) is 12.4 Å². The second kappa shape index (κ2) is 7.13. The van der Waals surface area contributed by atoms with Gasteiger partial charge in [-0.1, -0.05) is 16.8 Å². The van der Waals surface area contributed by atoms with Crippen LogP contribution in [0, 0.1) is 0 Å². The van der Waals surface area contributed by atoms with Gasteiger partial charge in [-0.05, 0) is 37.1 Å². The Morgan fingerprint density at radius 2 is 2.09 bits per heavy atom. The Labute approximate surface area is 139 Å². The molecule has 1 aliphatic heterocycles. The molecule has 118 valence electrons. The summed E-state index contributed by atoms with van der Waals surface area (Å²) in [5.74, 6) is 0.422. The zero-order valence-corrected chi connectivity index (χ0v) is 13.4. The molecular formula is C15H17Cl2N3O2. The maximum Gasteiger partial charge on any atom is 0.276 e. The van der Waals surface area contributed by atoms with Gasteiger partial charge in [-0.25, -0.2) is 0 Å². The molecule has 0 saturated carbocycles. The van der Waals surface area contributed by atoms with Crippen LogP contribution in [0.3, 0.4) is 0 Å². The quantitative estimate of drug-likeness (QED) is 0.911. The Balaban J connectivity index is 0.00000176. The van der Waals surface area contributed by atoms with Gasteiger partial charge >= 0.3 is 0 Å². The molecule has 1 unspecified atom stereocenters. The molecule has 2 heterocycles. The first-order chi connectivity index (χ1) is 10.1. The largest absolute Gasteiger partial charge is 0.355 e. The van der Waals surface area contributed by atoms with E-state index in [0.717, 1.165) is 24.9 Å². The number of hydrogen-bond acceptors (Lipinski definition) is 4. The van der Waals surface area contributed by atoms with Crippen molar-refractivity contribution in [3.8, 4) is 11.3 Å². The predicted molar refractivity (Wildman–Crippen MR) is 87.3 cm³/mol. The number of carbonyl (C=O) groups is 1. The van der Waals surface area contributed by atoms with Crippen LogP contribution in [0.2, 0.25) is 5.02 Å². The van der Waals surface area contributed by atoms with Crippen molar-refractivity contribution in [2.45, 2.75) is 18.9 Å². The number of nitrogens with two attached hydrogens (primary N) is 1. The van der Waals surface area contributed by atoms with E-state index in [2.05, 4.69) is 5.16 Å². The molecule has 0 aliphatic carbocycles. The lowest BCUT2D eigenvalue weighted by molar-refractivity contribution is 0.0698. The number of aromatic nitrogens is 1. The highest BCUT2D eigenvalue weighted by molar-refractivity contribution is 6.30. The molecule has 1 fully saturated rings. The lowest BCUT2D eigenvalue weighted by atomic mass is 10.1. The summed E-state index contributed by atoms with van der Waals surface area (Å²) < 4.78 is 5.26. The standard InChI is InChI=1S/C15H16ClN3O2.ClH/c16-11-5-3-10(4-6-11)14-8-13(18-21-14)15(20)19-7-1-2-12(17)9-19;/h3-6,8,12H,1-2,7,9,17H2;1H. The van der Waals surface area contributed by atoms with Gasteiger partial charge in [-0.2, -0.15) is 0 Å². The molecule has 5 nitrogen and oxygen atoms in total. The van der Waals surface area contributed by atoms with E-state index in [4.69, 9.17) is 21.9 Å². The number of rotatable bonds is 2. The second-order valence-corrected chi connectivity index (χ2v) is 5.67. The summed E-state index contributed by atoms with van der Waals surface area (Å²) >= 11 is 5.85. The maximum absolute atomic E-state index is 12.4. The molecule has 2 aromatic rings. The monoisotopic (exact) mass is 341 g/mol. The summed E-state index contributed by atoms with van der Waals surface area (Å²) in [7, 11) is 0. The number of hydrogen-bond donors (Lipinski definition) is 1. The van der Waals surface area contributed by atoms with Crippen LogP contribution < -0.4 is 5.73 Å². The van der Waals surface area contributed by atoms with E-state index in [-0.39, 0.29) is 24.4 Å². The molecule has 1 aromatic carbocycles. The van der Waals surface area contributed by atoms with Gasteiger partial charge in [0.1, 0.15) is 0 Å². The fraction of sp³-hybridized carbons (Fsp3) is 0.333. The van der Waals surface area contributed by atoms with E-state index in [1.807, 2.05) is 12.1 Å². The second-order valence-electron chi connectivity index (χ2n) is 5.24. The average Bonchev–Trinajstić information content (AvgIpc) is 2.97. The molecule has 1 amide bonds. The molecule has 2 N–H and O–H groups in total. The number of carbonyl (C=O) groups excluding carboxylic acids is 1. The van der Waals surface area contributed by atoms with Crippen LogP contribution in [-0.4, -0.2) is 35.1 Å². The van der Waals surface area contributed by atoms with Crippen molar-refractivity contribution in [1.29, 1.82) is 0 Å². The normalized spacial score (nSPS) is 17.9. The van der Waals surface area contributed by atoms with Crippen LogP contribution in [-0.2, 0) is 0 Å². The van der Waals surface area contributed by atoms with Crippen LogP contribution in [0.1, 0.15) is 23.3 Å². The summed E-state index contributed by atoms with van der Waals surface area (Å²) in [5, 5.41) is 4.53. The first-order valence-electron chi connectivity index (χ1n) is 6.91. The first kappa shape index (κ1) is 16.8. The van der Waals surface area contributed by atoms with Gasteiger partial charge in [0.05, 0.1) is 0 Å². The Morgan fingerprint density at radius 1 is 1.36 bits per heavy atom. The van der Waals surface area contributed by atoms with E-state index in [9.17, 15) is 4.79 Å². The molecule has 1 aromatic heterocycles.